The second-order valence-corrected chi connectivity index (χ2v) is 4.79. The fourth-order valence-corrected chi connectivity index (χ4v) is 2.19. The standard InChI is InChI=1S/C14H17N3O2S/c1-15-12-8-14(17-13(16-12)9-18-2)19-10-6-4-5-7-11(10)20-3/h4-8H,9H2,1-3H3,(H,15,16,17). The Bertz CT molecular complexity index is 578. The molecule has 1 aromatic carbocycles. The van der Waals surface area contributed by atoms with Gasteiger partial charge in [0.15, 0.2) is 5.82 Å². The first-order valence-electron chi connectivity index (χ1n) is 6.12. The number of rotatable bonds is 6. The van der Waals surface area contributed by atoms with Gasteiger partial charge in [0.2, 0.25) is 5.88 Å². The maximum atomic E-state index is 5.86. The van der Waals surface area contributed by atoms with Crippen molar-refractivity contribution in [2.75, 3.05) is 25.7 Å². The summed E-state index contributed by atoms with van der Waals surface area (Å²) in [6.07, 6.45) is 2.01. The molecule has 0 fully saturated rings. The predicted octanol–water partition coefficient (Wildman–Crippen LogP) is 3.18. The molecule has 1 aromatic heterocycles. The van der Waals surface area contributed by atoms with Crippen LogP contribution in [0.15, 0.2) is 35.2 Å². The van der Waals surface area contributed by atoms with Crippen LogP contribution in [0.5, 0.6) is 11.6 Å². The van der Waals surface area contributed by atoms with Gasteiger partial charge in [0.1, 0.15) is 18.2 Å². The number of para-hydroxylation sites is 1. The molecule has 1 heterocycles. The Kier molecular flexibility index (Phi) is 5.20. The highest BCUT2D eigenvalue weighted by Crippen LogP contribution is 2.31. The number of benzene rings is 1. The first-order valence-corrected chi connectivity index (χ1v) is 7.34. The first kappa shape index (κ1) is 14.6. The van der Waals surface area contributed by atoms with E-state index in [1.54, 1.807) is 32.0 Å². The predicted molar refractivity (Wildman–Crippen MR) is 80.6 cm³/mol. The summed E-state index contributed by atoms with van der Waals surface area (Å²) in [5.74, 6) is 2.56. The lowest BCUT2D eigenvalue weighted by atomic mass is 10.3. The Labute approximate surface area is 122 Å². The van der Waals surface area contributed by atoms with Crippen LogP contribution in [0.4, 0.5) is 5.82 Å². The zero-order valence-electron chi connectivity index (χ0n) is 11.7. The molecule has 0 spiro atoms. The van der Waals surface area contributed by atoms with Crippen molar-refractivity contribution >= 4 is 17.6 Å². The molecule has 2 aromatic rings. The van der Waals surface area contributed by atoms with Crippen LogP contribution in [-0.4, -0.2) is 30.4 Å². The third-order valence-electron chi connectivity index (χ3n) is 2.56. The van der Waals surface area contributed by atoms with Gasteiger partial charge < -0.3 is 14.8 Å². The van der Waals surface area contributed by atoms with Crippen molar-refractivity contribution in [3.05, 3.63) is 36.2 Å². The molecule has 0 amide bonds. The van der Waals surface area contributed by atoms with Crippen LogP contribution >= 0.6 is 11.8 Å². The summed E-state index contributed by atoms with van der Waals surface area (Å²) in [6.45, 7) is 0.343. The summed E-state index contributed by atoms with van der Waals surface area (Å²) in [7, 11) is 3.41. The Morgan fingerprint density at radius 1 is 1.25 bits per heavy atom. The van der Waals surface area contributed by atoms with Crippen molar-refractivity contribution in [2.24, 2.45) is 0 Å². The molecule has 2 rings (SSSR count). The van der Waals surface area contributed by atoms with Gasteiger partial charge in [0.05, 0.1) is 0 Å². The van der Waals surface area contributed by atoms with Crippen molar-refractivity contribution in [3.63, 3.8) is 0 Å². The summed E-state index contributed by atoms with van der Waals surface area (Å²) < 4.78 is 10.9. The van der Waals surface area contributed by atoms with E-state index in [1.165, 1.54) is 0 Å². The van der Waals surface area contributed by atoms with Crippen molar-refractivity contribution in [1.82, 2.24) is 9.97 Å². The van der Waals surface area contributed by atoms with Crippen LogP contribution < -0.4 is 10.1 Å². The summed E-state index contributed by atoms with van der Waals surface area (Å²) >= 11 is 1.63. The lowest BCUT2D eigenvalue weighted by Crippen LogP contribution is -2.03. The number of nitrogens with zero attached hydrogens (tertiary/aromatic N) is 2. The highest BCUT2D eigenvalue weighted by Gasteiger charge is 2.08. The lowest BCUT2D eigenvalue weighted by Gasteiger charge is -2.11. The quantitative estimate of drug-likeness (QED) is 0.825. The van der Waals surface area contributed by atoms with Gasteiger partial charge in [-0.05, 0) is 18.4 Å². The molecule has 1 N–H and O–H groups in total. The van der Waals surface area contributed by atoms with Crippen LogP contribution in [0.25, 0.3) is 0 Å². The fourth-order valence-electron chi connectivity index (χ4n) is 1.66. The number of hydrogen-bond acceptors (Lipinski definition) is 6. The molecule has 6 heteroatoms. The third-order valence-corrected chi connectivity index (χ3v) is 3.34. The Hall–Kier alpha value is -1.79. The lowest BCUT2D eigenvalue weighted by molar-refractivity contribution is 0.177. The zero-order chi connectivity index (χ0) is 14.4. The van der Waals surface area contributed by atoms with Gasteiger partial charge in [-0.25, -0.2) is 4.98 Å². The van der Waals surface area contributed by atoms with E-state index in [9.17, 15) is 0 Å². The molecule has 20 heavy (non-hydrogen) atoms. The summed E-state index contributed by atoms with van der Waals surface area (Å²) in [5.41, 5.74) is 0. The van der Waals surface area contributed by atoms with Crippen LogP contribution in [0, 0.1) is 0 Å². The fraction of sp³-hybridized carbons (Fsp3) is 0.286. The maximum Gasteiger partial charge on any atom is 0.224 e. The van der Waals surface area contributed by atoms with Gasteiger partial charge in [-0.3, -0.25) is 0 Å². The van der Waals surface area contributed by atoms with Gasteiger partial charge in [0.25, 0.3) is 0 Å². The molecule has 0 aliphatic rings. The monoisotopic (exact) mass is 291 g/mol. The van der Waals surface area contributed by atoms with Crippen molar-refractivity contribution < 1.29 is 9.47 Å². The molecule has 106 valence electrons. The summed E-state index contributed by atoms with van der Waals surface area (Å²) in [6, 6.07) is 9.61. The van der Waals surface area contributed by atoms with E-state index in [2.05, 4.69) is 15.3 Å². The molecule has 0 aliphatic heterocycles. The van der Waals surface area contributed by atoms with Crippen LogP contribution in [0.1, 0.15) is 5.82 Å². The molecule has 0 saturated heterocycles. The number of anilines is 1. The minimum Gasteiger partial charge on any atom is -0.438 e. The number of nitrogens with one attached hydrogen (secondary N) is 1. The third kappa shape index (κ3) is 3.61. The van der Waals surface area contributed by atoms with Crippen LogP contribution in [0.2, 0.25) is 0 Å². The van der Waals surface area contributed by atoms with Crippen LogP contribution in [0.3, 0.4) is 0 Å². The van der Waals surface area contributed by atoms with Gasteiger partial charge in [-0.1, -0.05) is 12.1 Å². The van der Waals surface area contributed by atoms with E-state index < -0.39 is 0 Å². The highest BCUT2D eigenvalue weighted by atomic mass is 32.2. The molecule has 0 atom stereocenters. The van der Waals surface area contributed by atoms with Crippen molar-refractivity contribution in [2.45, 2.75) is 11.5 Å². The average Bonchev–Trinajstić information content (AvgIpc) is 2.48. The highest BCUT2D eigenvalue weighted by molar-refractivity contribution is 7.98. The zero-order valence-corrected chi connectivity index (χ0v) is 12.5. The second-order valence-electron chi connectivity index (χ2n) is 3.94. The molecular formula is C14H17N3O2S. The van der Waals surface area contributed by atoms with Crippen molar-refractivity contribution in [3.8, 4) is 11.6 Å². The normalized spacial score (nSPS) is 10.3. The molecular weight excluding hydrogens is 274 g/mol. The smallest absolute Gasteiger partial charge is 0.224 e. The Morgan fingerprint density at radius 3 is 2.75 bits per heavy atom. The minimum absolute atomic E-state index is 0.343. The summed E-state index contributed by atoms with van der Waals surface area (Å²) in [4.78, 5) is 9.69. The van der Waals surface area contributed by atoms with E-state index in [1.807, 2.05) is 30.5 Å². The van der Waals surface area contributed by atoms with E-state index in [0.29, 0.717) is 24.1 Å². The molecule has 5 nitrogen and oxygen atoms in total. The topological polar surface area (TPSA) is 56.3 Å². The maximum absolute atomic E-state index is 5.86. The molecule has 0 aliphatic carbocycles. The second kappa shape index (κ2) is 7.12. The molecule has 0 unspecified atom stereocenters. The van der Waals surface area contributed by atoms with Gasteiger partial charge >= 0.3 is 0 Å². The number of hydrogen-bond donors (Lipinski definition) is 1. The number of ether oxygens (including phenoxy) is 2. The number of aromatic nitrogens is 2. The molecule has 0 saturated carbocycles. The number of thioether (sulfide) groups is 1. The van der Waals surface area contributed by atoms with Crippen molar-refractivity contribution in [1.29, 1.82) is 0 Å². The van der Waals surface area contributed by atoms with Gasteiger partial charge in [-0.15, -0.1) is 11.8 Å². The van der Waals surface area contributed by atoms with Gasteiger partial charge in [0, 0.05) is 25.1 Å². The van der Waals surface area contributed by atoms with Crippen LogP contribution in [-0.2, 0) is 11.3 Å². The minimum atomic E-state index is 0.343. The average molecular weight is 291 g/mol. The number of methoxy groups -OCH3 is 1. The largest absolute Gasteiger partial charge is 0.438 e. The SMILES string of the molecule is CNc1cc(Oc2ccccc2SC)nc(COC)n1. The Balaban J connectivity index is 2.30. The van der Waals surface area contributed by atoms with E-state index in [0.717, 1.165) is 10.6 Å². The van der Waals surface area contributed by atoms with E-state index >= 15 is 0 Å². The summed E-state index contributed by atoms with van der Waals surface area (Å²) in [5, 5.41) is 2.99. The van der Waals surface area contributed by atoms with E-state index in [-0.39, 0.29) is 0 Å². The van der Waals surface area contributed by atoms with E-state index in [4.69, 9.17) is 9.47 Å². The first-order chi connectivity index (χ1) is 9.76. The Morgan fingerprint density at radius 2 is 2.05 bits per heavy atom. The molecule has 0 radical (unpaired) electrons. The molecule has 0 bridgehead atoms. The van der Waals surface area contributed by atoms with Gasteiger partial charge in [-0.2, -0.15) is 4.98 Å².